The predicted molar refractivity (Wildman–Crippen MR) is 98.1 cm³/mol. The van der Waals surface area contributed by atoms with Crippen molar-refractivity contribution in [1.29, 1.82) is 0 Å². The molecule has 6 heteroatoms. The van der Waals surface area contributed by atoms with Crippen molar-refractivity contribution in [3.63, 3.8) is 0 Å². The van der Waals surface area contributed by atoms with Crippen LogP contribution in [0.3, 0.4) is 0 Å². The van der Waals surface area contributed by atoms with Crippen molar-refractivity contribution < 1.29 is 14.3 Å². The number of nitrogens with two attached hydrogens (primary N) is 1. The Hall–Kier alpha value is -1.30. The smallest absolute Gasteiger partial charge is 0.224 e. The second-order valence-corrected chi connectivity index (χ2v) is 7.59. The highest BCUT2D eigenvalue weighted by atomic mass is 35.5. The van der Waals surface area contributed by atoms with E-state index in [0.717, 1.165) is 43.4 Å². The first kappa shape index (κ1) is 18.5. The number of benzene rings is 1. The summed E-state index contributed by atoms with van der Waals surface area (Å²) in [6, 6.07) is 5.65. The summed E-state index contributed by atoms with van der Waals surface area (Å²) in [6.45, 7) is 1.87. The Morgan fingerprint density at radius 1 is 1.40 bits per heavy atom. The average molecular weight is 367 g/mol. The number of rotatable bonds is 5. The molecular weight excluding hydrogens is 340 g/mol. The molecule has 0 aromatic heterocycles. The van der Waals surface area contributed by atoms with Crippen molar-refractivity contribution in [2.75, 3.05) is 26.9 Å². The van der Waals surface area contributed by atoms with Gasteiger partial charge in [0.2, 0.25) is 5.91 Å². The zero-order chi connectivity index (χ0) is 17.9. The summed E-state index contributed by atoms with van der Waals surface area (Å²) >= 11 is 6.25. The molecule has 0 unspecified atom stereocenters. The topological polar surface area (TPSA) is 73.6 Å². The Morgan fingerprint density at radius 2 is 2.16 bits per heavy atom. The minimum atomic E-state index is -0.229. The molecule has 138 valence electrons. The van der Waals surface area contributed by atoms with E-state index in [0.29, 0.717) is 24.8 Å². The largest absolute Gasteiger partial charge is 0.496 e. The minimum Gasteiger partial charge on any atom is -0.496 e. The normalized spacial score (nSPS) is 25.6. The molecule has 0 spiro atoms. The van der Waals surface area contributed by atoms with Gasteiger partial charge in [0.05, 0.1) is 13.0 Å². The molecule has 5 nitrogen and oxygen atoms in total. The summed E-state index contributed by atoms with van der Waals surface area (Å²) < 4.78 is 11.1. The lowest BCUT2D eigenvalue weighted by atomic mass is 9.73. The van der Waals surface area contributed by atoms with Crippen molar-refractivity contribution in [2.24, 2.45) is 11.7 Å². The molecule has 0 bridgehead atoms. The molecule has 0 radical (unpaired) electrons. The van der Waals surface area contributed by atoms with Crippen LogP contribution in [0.2, 0.25) is 5.02 Å². The van der Waals surface area contributed by atoms with Gasteiger partial charge in [-0.25, -0.2) is 0 Å². The second-order valence-electron chi connectivity index (χ2n) is 7.16. The van der Waals surface area contributed by atoms with Gasteiger partial charge in [0.25, 0.3) is 0 Å². The summed E-state index contributed by atoms with van der Waals surface area (Å²) in [5.41, 5.74) is 6.89. The van der Waals surface area contributed by atoms with E-state index in [1.807, 2.05) is 18.2 Å². The van der Waals surface area contributed by atoms with Gasteiger partial charge in [-0.2, -0.15) is 0 Å². The number of halogens is 1. The molecule has 1 saturated heterocycles. The molecule has 3 rings (SSSR count). The van der Waals surface area contributed by atoms with Gasteiger partial charge in [0, 0.05) is 41.8 Å². The summed E-state index contributed by atoms with van der Waals surface area (Å²) in [4.78, 5) is 12.6. The molecule has 25 heavy (non-hydrogen) atoms. The van der Waals surface area contributed by atoms with Crippen LogP contribution in [0.1, 0.15) is 37.7 Å². The van der Waals surface area contributed by atoms with E-state index in [2.05, 4.69) is 5.32 Å². The Bertz CT molecular complexity index is 617. The fourth-order valence-electron chi connectivity index (χ4n) is 4.10. The Labute approximate surface area is 154 Å². The number of amides is 1. The SMILES string of the molecule is COc1ccc(Cl)cc1C1(CNC(=O)[C@H]2CCC[C@H]2N)CCOCC1. The van der Waals surface area contributed by atoms with Crippen molar-refractivity contribution >= 4 is 17.5 Å². The van der Waals surface area contributed by atoms with Crippen LogP contribution in [0.4, 0.5) is 0 Å². The van der Waals surface area contributed by atoms with Crippen LogP contribution in [0.15, 0.2) is 18.2 Å². The van der Waals surface area contributed by atoms with Crippen LogP contribution < -0.4 is 15.8 Å². The highest BCUT2D eigenvalue weighted by Crippen LogP contribution is 2.41. The average Bonchev–Trinajstić information content (AvgIpc) is 3.06. The van der Waals surface area contributed by atoms with Gasteiger partial charge in [-0.05, 0) is 43.9 Å². The first-order valence-electron chi connectivity index (χ1n) is 9.01. The monoisotopic (exact) mass is 366 g/mol. The van der Waals surface area contributed by atoms with E-state index in [-0.39, 0.29) is 23.3 Å². The minimum absolute atomic E-state index is 0.0219. The fraction of sp³-hybridized carbons (Fsp3) is 0.632. The van der Waals surface area contributed by atoms with Crippen molar-refractivity contribution in [2.45, 2.75) is 43.6 Å². The summed E-state index contributed by atoms with van der Waals surface area (Å²) in [6.07, 6.45) is 4.48. The molecule has 1 aromatic carbocycles. The van der Waals surface area contributed by atoms with Crippen LogP contribution in [0.5, 0.6) is 5.75 Å². The highest BCUT2D eigenvalue weighted by Gasteiger charge is 2.39. The number of nitrogens with one attached hydrogen (secondary N) is 1. The number of methoxy groups -OCH3 is 1. The molecule has 2 aliphatic rings. The molecule has 1 aromatic rings. The number of carbonyl (C=O) groups is 1. The van der Waals surface area contributed by atoms with E-state index in [9.17, 15) is 4.79 Å². The molecule has 1 aliphatic carbocycles. The standard InChI is InChI=1S/C19H27ClN2O3/c1-24-17-6-5-13(20)11-15(17)19(7-9-25-10-8-19)12-22-18(23)14-3-2-4-16(14)21/h5-6,11,14,16H,2-4,7-10,12,21H2,1H3,(H,22,23)/t14-,16+/m0/s1. The lowest BCUT2D eigenvalue weighted by Gasteiger charge is -2.39. The maximum Gasteiger partial charge on any atom is 0.224 e. The molecule has 3 N–H and O–H groups in total. The maximum absolute atomic E-state index is 12.6. The van der Waals surface area contributed by atoms with E-state index in [4.69, 9.17) is 26.8 Å². The molecule has 2 atom stereocenters. The van der Waals surface area contributed by atoms with E-state index < -0.39 is 0 Å². The lowest BCUT2D eigenvalue weighted by Crippen LogP contribution is -2.47. The van der Waals surface area contributed by atoms with E-state index in [1.54, 1.807) is 7.11 Å². The molecule has 2 fully saturated rings. The van der Waals surface area contributed by atoms with Gasteiger partial charge in [0.1, 0.15) is 5.75 Å². The van der Waals surface area contributed by atoms with Gasteiger partial charge in [-0.15, -0.1) is 0 Å². The van der Waals surface area contributed by atoms with Gasteiger partial charge < -0.3 is 20.5 Å². The number of hydrogen-bond donors (Lipinski definition) is 2. The highest BCUT2D eigenvalue weighted by molar-refractivity contribution is 6.30. The van der Waals surface area contributed by atoms with Crippen LogP contribution in [0.25, 0.3) is 0 Å². The predicted octanol–water partition coefficient (Wildman–Crippen LogP) is 2.64. The third kappa shape index (κ3) is 3.94. The Morgan fingerprint density at radius 3 is 2.80 bits per heavy atom. The zero-order valence-electron chi connectivity index (χ0n) is 14.7. The van der Waals surface area contributed by atoms with Crippen LogP contribution in [0, 0.1) is 5.92 Å². The van der Waals surface area contributed by atoms with E-state index in [1.165, 1.54) is 0 Å². The fourth-order valence-corrected chi connectivity index (χ4v) is 4.27. The van der Waals surface area contributed by atoms with Crippen molar-refractivity contribution in [1.82, 2.24) is 5.32 Å². The number of hydrogen-bond acceptors (Lipinski definition) is 4. The van der Waals surface area contributed by atoms with Crippen LogP contribution >= 0.6 is 11.6 Å². The second kappa shape index (κ2) is 7.94. The Kier molecular flexibility index (Phi) is 5.87. The van der Waals surface area contributed by atoms with E-state index >= 15 is 0 Å². The molecule has 1 aliphatic heterocycles. The molecule has 1 amide bonds. The number of carbonyl (C=O) groups excluding carboxylic acids is 1. The summed E-state index contributed by atoms with van der Waals surface area (Å²) in [5, 5.41) is 3.83. The molecule has 1 saturated carbocycles. The first-order valence-corrected chi connectivity index (χ1v) is 9.38. The van der Waals surface area contributed by atoms with Gasteiger partial charge in [0.15, 0.2) is 0 Å². The molecule has 1 heterocycles. The maximum atomic E-state index is 12.6. The zero-order valence-corrected chi connectivity index (χ0v) is 15.5. The van der Waals surface area contributed by atoms with Gasteiger partial charge in [-0.1, -0.05) is 18.0 Å². The van der Waals surface area contributed by atoms with Gasteiger partial charge >= 0.3 is 0 Å². The van der Waals surface area contributed by atoms with Crippen LogP contribution in [-0.2, 0) is 14.9 Å². The third-order valence-corrected chi connectivity index (χ3v) is 5.93. The van der Waals surface area contributed by atoms with Gasteiger partial charge in [-0.3, -0.25) is 4.79 Å². The lowest BCUT2D eigenvalue weighted by molar-refractivity contribution is -0.125. The molecular formula is C19H27ClN2O3. The van der Waals surface area contributed by atoms with Crippen molar-refractivity contribution in [3.8, 4) is 5.75 Å². The van der Waals surface area contributed by atoms with Crippen LogP contribution in [-0.4, -0.2) is 38.8 Å². The van der Waals surface area contributed by atoms with Crippen molar-refractivity contribution in [3.05, 3.63) is 28.8 Å². The quantitative estimate of drug-likeness (QED) is 0.840. The first-order chi connectivity index (χ1) is 12.1. The number of ether oxygens (including phenoxy) is 2. The summed E-state index contributed by atoms with van der Waals surface area (Å²) in [7, 11) is 1.66. The summed E-state index contributed by atoms with van der Waals surface area (Å²) in [5.74, 6) is 0.799. The third-order valence-electron chi connectivity index (χ3n) is 5.69. The Balaban J connectivity index is 1.82.